The number of hydrogen-bond acceptors (Lipinski definition) is 3. The molecular formula is C15H11F3O4. The molecule has 0 saturated heterocycles. The zero-order valence-electron chi connectivity index (χ0n) is 11.3. The van der Waals surface area contributed by atoms with Crippen molar-refractivity contribution in [3.63, 3.8) is 0 Å². The summed E-state index contributed by atoms with van der Waals surface area (Å²) in [6, 6.07) is 9.60. The first-order valence-electron chi connectivity index (χ1n) is 6.08. The predicted molar refractivity (Wildman–Crippen MR) is 72.1 cm³/mol. The van der Waals surface area contributed by atoms with E-state index in [1.54, 1.807) is 6.07 Å². The number of methoxy groups -OCH3 is 1. The topological polar surface area (TPSA) is 55.8 Å². The Balaban J connectivity index is 2.53. The molecule has 0 amide bonds. The van der Waals surface area contributed by atoms with Gasteiger partial charge in [-0.2, -0.15) is 0 Å². The average molecular weight is 312 g/mol. The minimum atomic E-state index is -4.82. The van der Waals surface area contributed by atoms with Crippen LogP contribution in [0.15, 0.2) is 42.5 Å². The van der Waals surface area contributed by atoms with Gasteiger partial charge in [0.2, 0.25) is 0 Å². The van der Waals surface area contributed by atoms with Crippen molar-refractivity contribution in [2.75, 3.05) is 7.11 Å². The smallest absolute Gasteiger partial charge is 0.496 e. The second-order valence-electron chi connectivity index (χ2n) is 4.26. The monoisotopic (exact) mass is 312 g/mol. The van der Waals surface area contributed by atoms with Crippen molar-refractivity contribution in [1.82, 2.24) is 0 Å². The molecule has 0 heterocycles. The van der Waals surface area contributed by atoms with Crippen LogP contribution < -0.4 is 9.47 Å². The summed E-state index contributed by atoms with van der Waals surface area (Å²) < 4.78 is 45.6. The van der Waals surface area contributed by atoms with E-state index in [1.807, 2.05) is 0 Å². The van der Waals surface area contributed by atoms with Crippen molar-refractivity contribution in [3.05, 3.63) is 48.0 Å². The number of halogens is 3. The highest BCUT2D eigenvalue weighted by atomic mass is 19.4. The number of hydrogen-bond donors (Lipinski definition) is 1. The van der Waals surface area contributed by atoms with E-state index in [1.165, 1.54) is 31.4 Å². The zero-order chi connectivity index (χ0) is 16.3. The van der Waals surface area contributed by atoms with Gasteiger partial charge >= 0.3 is 12.3 Å². The third kappa shape index (κ3) is 3.49. The number of carboxylic acids is 1. The molecule has 0 bridgehead atoms. The van der Waals surface area contributed by atoms with Gasteiger partial charge in [-0.15, -0.1) is 13.2 Å². The standard InChI is InChI=1S/C15H11F3O4/c1-21-12-7-3-6-11(13(12)14(19)20)9-4-2-5-10(8-9)22-15(16,17)18/h2-8H,1H3,(H,19,20). The molecule has 2 rings (SSSR count). The van der Waals surface area contributed by atoms with Crippen LogP contribution in [0.3, 0.4) is 0 Å². The molecule has 4 nitrogen and oxygen atoms in total. The number of aromatic carboxylic acids is 1. The van der Waals surface area contributed by atoms with E-state index in [0.717, 1.165) is 12.1 Å². The van der Waals surface area contributed by atoms with Gasteiger partial charge in [-0.1, -0.05) is 24.3 Å². The lowest BCUT2D eigenvalue weighted by molar-refractivity contribution is -0.274. The molecule has 0 aliphatic carbocycles. The van der Waals surface area contributed by atoms with Gasteiger partial charge in [0.1, 0.15) is 17.1 Å². The van der Waals surface area contributed by atoms with E-state index < -0.39 is 18.1 Å². The first-order chi connectivity index (χ1) is 10.3. The van der Waals surface area contributed by atoms with E-state index in [9.17, 15) is 23.1 Å². The second-order valence-corrected chi connectivity index (χ2v) is 4.26. The van der Waals surface area contributed by atoms with Crippen LogP contribution in [0.2, 0.25) is 0 Å². The van der Waals surface area contributed by atoms with Crippen molar-refractivity contribution in [2.45, 2.75) is 6.36 Å². The van der Waals surface area contributed by atoms with Crippen LogP contribution in [-0.2, 0) is 0 Å². The maximum atomic E-state index is 12.3. The van der Waals surface area contributed by atoms with Gasteiger partial charge < -0.3 is 14.6 Å². The Morgan fingerprint density at radius 2 is 1.82 bits per heavy atom. The van der Waals surface area contributed by atoms with Gasteiger partial charge in [0.15, 0.2) is 0 Å². The van der Waals surface area contributed by atoms with Gasteiger partial charge in [0.25, 0.3) is 0 Å². The van der Waals surface area contributed by atoms with Gasteiger partial charge in [-0.25, -0.2) is 4.79 Å². The minimum Gasteiger partial charge on any atom is -0.496 e. The summed E-state index contributed by atoms with van der Waals surface area (Å²) in [4.78, 5) is 11.4. The first kappa shape index (κ1) is 15.7. The van der Waals surface area contributed by atoms with Crippen molar-refractivity contribution in [2.24, 2.45) is 0 Å². The highest BCUT2D eigenvalue weighted by Crippen LogP contribution is 2.33. The summed E-state index contributed by atoms with van der Waals surface area (Å²) >= 11 is 0. The fourth-order valence-corrected chi connectivity index (χ4v) is 2.02. The highest BCUT2D eigenvalue weighted by Gasteiger charge is 2.31. The Morgan fingerprint density at radius 3 is 2.41 bits per heavy atom. The van der Waals surface area contributed by atoms with Crippen LogP contribution >= 0.6 is 0 Å². The van der Waals surface area contributed by atoms with Gasteiger partial charge in [0.05, 0.1) is 7.11 Å². The van der Waals surface area contributed by atoms with Crippen LogP contribution in [-0.4, -0.2) is 24.5 Å². The molecule has 0 spiro atoms. The zero-order valence-corrected chi connectivity index (χ0v) is 11.3. The molecule has 0 fully saturated rings. The second kappa shape index (κ2) is 5.97. The Kier molecular flexibility index (Phi) is 4.25. The molecule has 0 aliphatic heterocycles. The molecule has 2 aromatic carbocycles. The van der Waals surface area contributed by atoms with Crippen LogP contribution in [0.4, 0.5) is 13.2 Å². The molecule has 1 N–H and O–H groups in total. The Morgan fingerprint density at radius 1 is 1.14 bits per heavy atom. The molecule has 0 saturated carbocycles. The third-order valence-electron chi connectivity index (χ3n) is 2.84. The van der Waals surface area contributed by atoms with E-state index in [0.29, 0.717) is 0 Å². The first-order valence-corrected chi connectivity index (χ1v) is 6.08. The number of rotatable bonds is 4. The lowest BCUT2D eigenvalue weighted by Crippen LogP contribution is -2.17. The van der Waals surface area contributed by atoms with E-state index in [-0.39, 0.29) is 22.4 Å². The van der Waals surface area contributed by atoms with Crippen LogP contribution in [0, 0.1) is 0 Å². The lowest BCUT2D eigenvalue weighted by atomic mass is 9.98. The third-order valence-corrected chi connectivity index (χ3v) is 2.84. The predicted octanol–water partition coefficient (Wildman–Crippen LogP) is 3.96. The van der Waals surface area contributed by atoms with E-state index >= 15 is 0 Å². The van der Waals surface area contributed by atoms with Crippen LogP contribution in [0.5, 0.6) is 11.5 Å². The van der Waals surface area contributed by atoms with Crippen LogP contribution in [0.25, 0.3) is 11.1 Å². The summed E-state index contributed by atoms with van der Waals surface area (Å²) in [6.45, 7) is 0. The van der Waals surface area contributed by atoms with Crippen LogP contribution in [0.1, 0.15) is 10.4 Å². The maximum Gasteiger partial charge on any atom is 0.573 e. The van der Waals surface area contributed by atoms with Gasteiger partial charge in [0, 0.05) is 5.56 Å². The molecule has 2 aromatic rings. The normalized spacial score (nSPS) is 11.1. The van der Waals surface area contributed by atoms with E-state index in [2.05, 4.69) is 4.74 Å². The van der Waals surface area contributed by atoms with Crippen molar-refractivity contribution >= 4 is 5.97 Å². The molecule has 0 aliphatic rings. The number of carbonyl (C=O) groups is 1. The Labute approximate surface area is 123 Å². The van der Waals surface area contributed by atoms with Crippen molar-refractivity contribution in [3.8, 4) is 22.6 Å². The van der Waals surface area contributed by atoms with Gasteiger partial charge in [-0.3, -0.25) is 0 Å². The lowest BCUT2D eigenvalue weighted by Gasteiger charge is -2.13. The maximum absolute atomic E-state index is 12.3. The quantitative estimate of drug-likeness (QED) is 0.928. The average Bonchev–Trinajstić information content (AvgIpc) is 2.44. The van der Waals surface area contributed by atoms with Crippen molar-refractivity contribution in [1.29, 1.82) is 0 Å². The summed E-state index contributed by atoms with van der Waals surface area (Å²) in [6.07, 6.45) is -4.82. The summed E-state index contributed by atoms with van der Waals surface area (Å²) in [5.41, 5.74) is 0.381. The number of carboxylic acid groups (broad SMARTS) is 1. The molecule has 116 valence electrons. The SMILES string of the molecule is COc1cccc(-c2cccc(OC(F)(F)F)c2)c1C(=O)O. The van der Waals surface area contributed by atoms with Gasteiger partial charge in [-0.05, 0) is 23.8 Å². The summed E-state index contributed by atoms with van der Waals surface area (Å²) in [5.74, 6) is -1.55. The molecule has 0 unspecified atom stereocenters. The molecular weight excluding hydrogens is 301 g/mol. The number of alkyl halides is 3. The number of benzene rings is 2. The molecule has 0 atom stereocenters. The molecule has 7 heteroatoms. The molecule has 0 aromatic heterocycles. The van der Waals surface area contributed by atoms with E-state index in [4.69, 9.17) is 4.74 Å². The summed E-state index contributed by atoms with van der Waals surface area (Å²) in [5, 5.41) is 9.30. The summed E-state index contributed by atoms with van der Waals surface area (Å²) in [7, 11) is 1.31. The van der Waals surface area contributed by atoms with Crippen molar-refractivity contribution < 1.29 is 32.5 Å². The highest BCUT2D eigenvalue weighted by molar-refractivity contribution is 5.99. The minimum absolute atomic E-state index is 0.118. The molecule has 22 heavy (non-hydrogen) atoms. The Bertz CT molecular complexity index is 695. The molecule has 0 radical (unpaired) electrons. The number of ether oxygens (including phenoxy) is 2. The fraction of sp³-hybridized carbons (Fsp3) is 0.133. The fourth-order valence-electron chi connectivity index (χ4n) is 2.02. The Hall–Kier alpha value is -2.70. The largest absolute Gasteiger partial charge is 0.573 e.